The molecule has 4 aromatic carbocycles. The Morgan fingerprint density at radius 3 is 2.00 bits per heavy atom. The number of hydrogen-bond donors (Lipinski definition) is 1. The average molecular weight is 366 g/mol. The van der Waals surface area contributed by atoms with E-state index in [2.05, 4.69) is 66.7 Å². The number of thiophene rings is 1. The van der Waals surface area contributed by atoms with Gasteiger partial charge in [0.1, 0.15) is 0 Å². The van der Waals surface area contributed by atoms with E-state index in [0.717, 1.165) is 11.4 Å². The zero-order valence-electron chi connectivity index (χ0n) is 14.7. The molecule has 0 aliphatic heterocycles. The van der Waals surface area contributed by atoms with Crippen molar-refractivity contribution in [3.05, 3.63) is 97.1 Å². The minimum absolute atomic E-state index is 0.965. The molecular weight excluding hydrogens is 348 g/mol. The Bertz CT molecular complexity index is 1220. The smallest absolute Gasteiger partial charge is 0.0575 e. The number of para-hydroxylation sites is 1. The fourth-order valence-electron chi connectivity index (χ4n) is 3.46. The van der Waals surface area contributed by atoms with E-state index in [-0.39, 0.29) is 0 Å². The highest BCUT2D eigenvalue weighted by Gasteiger charge is 2.08. The Morgan fingerprint density at radius 2 is 1.19 bits per heavy atom. The van der Waals surface area contributed by atoms with Crippen molar-refractivity contribution in [2.24, 2.45) is 5.84 Å². The predicted molar refractivity (Wildman–Crippen MR) is 118 cm³/mol. The van der Waals surface area contributed by atoms with Gasteiger partial charge in [-0.3, -0.25) is 5.01 Å². The molecular formula is C24H18N2S. The quantitative estimate of drug-likeness (QED) is 0.283. The van der Waals surface area contributed by atoms with Gasteiger partial charge in [0.15, 0.2) is 0 Å². The summed E-state index contributed by atoms with van der Waals surface area (Å²) in [6.45, 7) is 0. The van der Waals surface area contributed by atoms with E-state index >= 15 is 0 Å². The molecule has 1 heterocycles. The summed E-state index contributed by atoms with van der Waals surface area (Å²) in [6.07, 6.45) is 0. The normalized spacial score (nSPS) is 11.1. The lowest BCUT2D eigenvalue weighted by atomic mass is 10.0. The molecule has 0 saturated carbocycles. The van der Waals surface area contributed by atoms with E-state index in [4.69, 9.17) is 5.84 Å². The second kappa shape index (κ2) is 6.54. The van der Waals surface area contributed by atoms with Crippen LogP contribution in [0.4, 0.5) is 11.4 Å². The van der Waals surface area contributed by atoms with Gasteiger partial charge in [-0.05, 0) is 53.6 Å². The molecule has 0 bridgehead atoms. The zero-order chi connectivity index (χ0) is 18.2. The average Bonchev–Trinajstić information content (AvgIpc) is 3.12. The molecule has 3 heteroatoms. The van der Waals surface area contributed by atoms with E-state index < -0.39 is 0 Å². The standard InChI is InChI=1S/C24H18N2S/c25-26(19-6-2-1-3-7-19)20-13-10-17(11-14-20)18-12-15-24-22(16-18)21-8-4-5-9-23(21)27-24/h1-16H,25H2. The van der Waals surface area contributed by atoms with Gasteiger partial charge in [-0.2, -0.15) is 0 Å². The summed E-state index contributed by atoms with van der Waals surface area (Å²) in [7, 11) is 0. The summed E-state index contributed by atoms with van der Waals surface area (Å²) in [5.74, 6) is 6.26. The Balaban J connectivity index is 1.52. The number of nitrogens with zero attached hydrogens (tertiary/aromatic N) is 1. The molecule has 0 aliphatic carbocycles. The van der Waals surface area contributed by atoms with Gasteiger partial charge >= 0.3 is 0 Å². The summed E-state index contributed by atoms with van der Waals surface area (Å²) in [5, 5.41) is 4.36. The molecule has 27 heavy (non-hydrogen) atoms. The second-order valence-corrected chi connectivity index (χ2v) is 7.65. The zero-order valence-corrected chi connectivity index (χ0v) is 15.5. The first-order valence-corrected chi connectivity index (χ1v) is 9.73. The highest BCUT2D eigenvalue weighted by atomic mass is 32.1. The molecule has 0 saturated heterocycles. The van der Waals surface area contributed by atoms with Crippen LogP contribution < -0.4 is 10.9 Å². The molecule has 0 unspecified atom stereocenters. The van der Waals surface area contributed by atoms with Crippen molar-refractivity contribution >= 4 is 42.9 Å². The van der Waals surface area contributed by atoms with E-state index in [1.54, 1.807) is 5.01 Å². The van der Waals surface area contributed by atoms with Crippen molar-refractivity contribution in [3.8, 4) is 11.1 Å². The third kappa shape index (κ3) is 2.87. The molecule has 5 rings (SSSR count). The number of hydrazine groups is 1. The van der Waals surface area contributed by atoms with Gasteiger partial charge < -0.3 is 0 Å². The van der Waals surface area contributed by atoms with Crippen LogP contribution in [0.15, 0.2) is 97.1 Å². The van der Waals surface area contributed by atoms with Crippen LogP contribution in [0.3, 0.4) is 0 Å². The molecule has 0 atom stereocenters. The fourth-order valence-corrected chi connectivity index (χ4v) is 4.54. The Kier molecular flexibility index (Phi) is 3.89. The van der Waals surface area contributed by atoms with Crippen molar-refractivity contribution in [1.29, 1.82) is 0 Å². The fraction of sp³-hybridized carbons (Fsp3) is 0. The Hall–Kier alpha value is -3.14. The number of nitrogens with two attached hydrogens (primary N) is 1. The van der Waals surface area contributed by atoms with Gasteiger partial charge in [0.05, 0.1) is 11.4 Å². The van der Waals surface area contributed by atoms with Crippen LogP contribution in [0.25, 0.3) is 31.3 Å². The number of hydrogen-bond acceptors (Lipinski definition) is 3. The highest BCUT2D eigenvalue weighted by molar-refractivity contribution is 7.25. The lowest BCUT2D eigenvalue weighted by Gasteiger charge is -2.19. The first-order chi connectivity index (χ1) is 13.3. The van der Waals surface area contributed by atoms with Gasteiger partial charge in [-0.1, -0.05) is 54.6 Å². The molecule has 2 nitrogen and oxygen atoms in total. The van der Waals surface area contributed by atoms with Crippen molar-refractivity contribution in [1.82, 2.24) is 0 Å². The van der Waals surface area contributed by atoms with Crippen LogP contribution in [0.5, 0.6) is 0 Å². The molecule has 2 N–H and O–H groups in total. The highest BCUT2D eigenvalue weighted by Crippen LogP contribution is 2.36. The van der Waals surface area contributed by atoms with Gasteiger partial charge in [-0.25, -0.2) is 5.84 Å². The third-order valence-corrected chi connectivity index (χ3v) is 6.04. The maximum absolute atomic E-state index is 6.26. The van der Waals surface area contributed by atoms with Gasteiger partial charge in [0.2, 0.25) is 0 Å². The SMILES string of the molecule is NN(c1ccccc1)c1ccc(-c2ccc3sc4ccccc4c3c2)cc1. The van der Waals surface area contributed by atoms with Crippen LogP contribution in [-0.4, -0.2) is 0 Å². The topological polar surface area (TPSA) is 29.3 Å². The van der Waals surface area contributed by atoms with Crippen LogP contribution in [0, 0.1) is 0 Å². The Morgan fingerprint density at radius 1 is 0.556 bits per heavy atom. The lowest BCUT2D eigenvalue weighted by molar-refractivity contribution is 1.09. The molecule has 1 aromatic heterocycles. The molecule has 0 fully saturated rings. The Labute approximate surface area is 162 Å². The summed E-state index contributed by atoms with van der Waals surface area (Å²) in [5.41, 5.74) is 4.35. The first kappa shape index (κ1) is 16.1. The van der Waals surface area contributed by atoms with Crippen molar-refractivity contribution in [2.45, 2.75) is 0 Å². The minimum Gasteiger partial charge on any atom is -0.280 e. The molecule has 0 amide bonds. The second-order valence-electron chi connectivity index (χ2n) is 6.56. The van der Waals surface area contributed by atoms with Gasteiger partial charge in [0, 0.05) is 20.2 Å². The predicted octanol–water partition coefficient (Wildman–Crippen LogP) is 6.73. The van der Waals surface area contributed by atoms with E-state index in [1.165, 1.54) is 31.3 Å². The molecule has 0 aliphatic rings. The van der Waals surface area contributed by atoms with E-state index in [9.17, 15) is 0 Å². The minimum atomic E-state index is 0.965. The van der Waals surface area contributed by atoms with Crippen LogP contribution in [-0.2, 0) is 0 Å². The van der Waals surface area contributed by atoms with Crippen molar-refractivity contribution < 1.29 is 0 Å². The largest absolute Gasteiger partial charge is 0.280 e. The molecule has 0 spiro atoms. The first-order valence-electron chi connectivity index (χ1n) is 8.91. The third-order valence-electron chi connectivity index (χ3n) is 4.89. The van der Waals surface area contributed by atoms with Crippen LogP contribution >= 0.6 is 11.3 Å². The molecule has 5 aromatic rings. The molecule has 0 radical (unpaired) electrons. The van der Waals surface area contributed by atoms with Crippen molar-refractivity contribution in [2.75, 3.05) is 5.01 Å². The maximum atomic E-state index is 6.26. The summed E-state index contributed by atoms with van der Waals surface area (Å²) in [6, 6.07) is 33.7. The van der Waals surface area contributed by atoms with Gasteiger partial charge in [0.25, 0.3) is 0 Å². The van der Waals surface area contributed by atoms with E-state index in [1.807, 2.05) is 41.7 Å². The summed E-state index contributed by atoms with van der Waals surface area (Å²) >= 11 is 1.85. The lowest BCUT2D eigenvalue weighted by Crippen LogP contribution is -2.24. The number of benzene rings is 4. The molecule has 130 valence electrons. The maximum Gasteiger partial charge on any atom is 0.0575 e. The van der Waals surface area contributed by atoms with Crippen LogP contribution in [0.2, 0.25) is 0 Å². The monoisotopic (exact) mass is 366 g/mol. The summed E-state index contributed by atoms with van der Waals surface area (Å²) < 4.78 is 2.66. The van der Waals surface area contributed by atoms with Crippen molar-refractivity contribution in [3.63, 3.8) is 0 Å². The number of anilines is 2. The van der Waals surface area contributed by atoms with Crippen LogP contribution in [0.1, 0.15) is 0 Å². The van der Waals surface area contributed by atoms with E-state index in [0.29, 0.717) is 0 Å². The number of fused-ring (bicyclic) bond motifs is 3. The summed E-state index contributed by atoms with van der Waals surface area (Å²) in [4.78, 5) is 0. The van der Waals surface area contributed by atoms with Gasteiger partial charge in [-0.15, -0.1) is 11.3 Å². The number of rotatable bonds is 3.